The normalized spacial score (nSPS) is 15.6. The third-order valence-electron chi connectivity index (χ3n) is 4.62. The number of likely N-dealkylation sites (tertiary alicyclic amines) is 1. The molecule has 2 rings (SSSR count). The number of nitrogens with one attached hydrogen (secondary N) is 2. The highest BCUT2D eigenvalue weighted by atomic mass is 127. The zero-order valence-electron chi connectivity index (χ0n) is 16.4. The van der Waals surface area contributed by atoms with Crippen LogP contribution in [0.25, 0.3) is 0 Å². The van der Waals surface area contributed by atoms with Crippen molar-refractivity contribution >= 4 is 35.9 Å². The molecule has 8 heteroatoms. The van der Waals surface area contributed by atoms with Crippen LogP contribution in [-0.4, -0.2) is 64.3 Å². The van der Waals surface area contributed by atoms with Gasteiger partial charge in [-0.05, 0) is 32.0 Å². The van der Waals surface area contributed by atoms with Crippen LogP contribution in [0.1, 0.15) is 30.9 Å². The molecule has 0 spiro atoms. The highest BCUT2D eigenvalue weighted by molar-refractivity contribution is 14.0. The van der Waals surface area contributed by atoms with Gasteiger partial charge in [0.25, 0.3) is 0 Å². The van der Waals surface area contributed by atoms with Gasteiger partial charge in [0, 0.05) is 25.7 Å². The lowest BCUT2D eigenvalue weighted by molar-refractivity contribution is -0.140. The second kappa shape index (κ2) is 12.8. The number of methoxy groups -OCH3 is 2. The molecule has 1 heterocycles. The Balaban J connectivity index is 0.00000364. The SMILES string of the molecule is CN=C(NCCC(=O)OC)NCC(c1ccccc1OC)N1CCCC1.I. The van der Waals surface area contributed by atoms with E-state index in [1.165, 1.54) is 25.5 Å². The van der Waals surface area contributed by atoms with Gasteiger partial charge in [-0.1, -0.05) is 18.2 Å². The molecule has 1 aromatic carbocycles. The van der Waals surface area contributed by atoms with Gasteiger partial charge in [0.1, 0.15) is 5.75 Å². The maximum Gasteiger partial charge on any atom is 0.307 e. The Morgan fingerprint density at radius 1 is 1.22 bits per heavy atom. The van der Waals surface area contributed by atoms with Crippen LogP contribution in [-0.2, 0) is 9.53 Å². The van der Waals surface area contributed by atoms with Crippen molar-refractivity contribution in [3.05, 3.63) is 29.8 Å². The Labute approximate surface area is 178 Å². The van der Waals surface area contributed by atoms with Gasteiger partial charge in [0.2, 0.25) is 0 Å². The number of hydrogen-bond donors (Lipinski definition) is 2. The molecule has 27 heavy (non-hydrogen) atoms. The van der Waals surface area contributed by atoms with Gasteiger partial charge >= 0.3 is 5.97 Å². The number of nitrogens with zero attached hydrogens (tertiary/aromatic N) is 2. The number of rotatable bonds is 8. The van der Waals surface area contributed by atoms with Crippen LogP contribution < -0.4 is 15.4 Å². The second-order valence-electron chi connectivity index (χ2n) is 6.21. The average Bonchev–Trinajstić information content (AvgIpc) is 3.21. The number of para-hydroxylation sites is 1. The van der Waals surface area contributed by atoms with E-state index >= 15 is 0 Å². The Kier molecular flexibility index (Phi) is 11.1. The second-order valence-corrected chi connectivity index (χ2v) is 6.21. The van der Waals surface area contributed by atoms with Crippen molar-refractivity contribution in [2.75, 3.05) is 47.4 Å². The lowest BCUT2D eigenvalue weighted by Crippen LogP contribution is -2.43. The van der Waals surface area contributed by atoms with Crippen LogP contribution in [0.5, 0.6) is 5.75 Å². The first-order valence-electron chi connectivity index (χ1n) is 9.08. The summed E-state index contributed by atoms with van der Waals surface area (Å²) in [5.41, 5.74) is 1.18. The minimum Gasteiger partial charge on any atom is -0.496 e. The predicted molar refractivity (Wildman–Crippen MR) is 118 cm³/mol. The van der Waals surface area contributed by atoms with Crippen molar-refractivity contribution in [1.82, 2.24) is 15.5 Å². The molecule has 0 aromatic heterocycles. The summed E-state index contributed by atoms with van der Waals surface area (Å²) in [5, 5.41) is 6.53. The summed E-state index contributed by atoms with van der Waals surface area (Å²) < 4.78 is 10.2. The number of carbonyl (C=O) groups is 1. The highest BCUT2D eigenvalue weighted by Crippen LogP contribution is 2.31. The maximum atomic E-state index is 11.2. The van der Waals surface area contributed by atoms with Crippen LogP contribution in [0, 0.1) is 0 Å². The molecule has 1 aliphatic heterocycles. The van der Waals surface area contributed by atoms with E-state index in [0.29, 0.717) is 25.5 Å². The number of guanidine groups is 1. The van der Waals surface area contributed by atoms with Crippen LogP contribution >= 0.6 is 24.0 Å². The molecule has 1 aliphatic rings. The van der Waals surface area contributed by atoms with Crippen molar-refractivity contribution in [2.24, 2.45) is 4.99 Å². The molecule has 0 aliphatic carbocycles. The molecule has 1 unspecified atom stereocenters. The van der Waals surface area contributed by atoms with Gasteiger partial charge in [-0.2, -0.15) is 0 Å². The minimum atomic E-state index is -0.239. The lowest BCUT2D eigenvalue weighted by atomic mass is 10.0. The molecule has 1 saturated heterocycles. The van der Waals surface area contributed by atoms with Gasteiger partial charge in [0.15, 0.2) is 5.96 Å². The first-order valence-corrected chi connectivity index (χ1v) is 9.08. The average molecular weight is 490 g/mol. The number of ether oxygens (including phenoxy) is 2. The minimum absolute atomic E-state index is 0. The van der Waals surface area contributed by atoms with E-state index in [2.05, 4.69) is 31.3 Å². The van der Waals surface area contributed by atoms with Gasteiger partial charge < -0.3 is 20.1 Å². The molecule has 0 amide bonds. The van der Waals surface area contributed by atoms with E-state index in [4.69, 9.17) is 4.74 Å². The molecule has 7 nitrogen and oxygen atoms in total. The monoisotopic (exact) mass is 490 g/mol. The topological polar surface area (TPSA) is 75.2 Å². The van der Waals surface area contributed by atoms with E-state index in [9.17, 15) is 4.79 Å². The summed E-state index contributed by atoms with van der Waals surface area (Å²) in [6.07, 6.45) is 2.74. The van der Waals surface area contributed by atoms with E-state index in [-0.39, 0.29) is 36.0 Å². The smallest absolute Gasteiger partial charge is 0.307 e. The lowest BCUT2D eigenvalue weighted by Gasteiger charge is -2.30. The fraction of sp³-hybridized carbons (Fsp3) is 0.579. The van der Waals surface area contributed by atoms with E-state index in [1.54, 1.807) is 14.2 Å². The zero-order valence-corrected chi connectivity index (χ0v) is 18.7. The van der Waals surface area contributed by atoms with Crippen LogP contribution in [0.4, 0.5) is 0 Å². The van der Waals surface area contributed by atoms with E-state index < -0.39 is 0 Å². The van der Waals surface area contributed by atoms with Crippen molar-refractivity contribution in [3.8, 4) is 5.75 Å². The van der Waals surface area contributed by atoms with Crippen molar-refractivity contribution in [1.29, 1.82) is 0 Å². The number of benzene rings is 1. The number of esters is 1. The third-order valence-corrected chi connectivity index (χ3v) is 4.62. The van der Waals surface area contributed by atoms with Gasteiger partial charge in [-0.25, -0.2) is 0 Å². The van der Waals surface area contributed by atoms with Crippen molar-refractivity contribution in [2.45, 2.75) is 25.3 Å². The number of aliphatic imine (C=N–C) groups is 1. The van der Waals surface area contributed by atoms with Crippen molar-refractivity contribution in [3.63, 3.8) is 0 Å². The molecule has 0 bridgehead atoms. The molecule has 152 valence electrons. The fourth-order valence-electron chi connectivity index (χ4n) is 3.23. The van der Waals surface area contributed by atoms with Crippen LogP contribution in [0.15, 0.2) is 29.3 Å². The molecule has 1 atom stereocenters. The molecule has 1 fully saturated rings. The summed E-state index contributed by atoms with van der Waals surface area (Å²) in [7, 11) is 4.82. The maximum absolute atomic E-state index is 11.2. The highest BCUT2D eigenvalue weighted by Gasteiger charge is 2.26. The number of hydrogen-bond acceptors (Lipinski definition) is 5. The first kappa shape index (κ1) is 23.5. The van der Waals surface area contributed by atoms with Crippen LogP contribution in [0.3, 0.4) is 0 Å². The quantitative estimate of drug-likeness (QED) is 0.252. The standard InChI is InChI=1S/C19H30N4O3.HI/c1-20-19(21-11-10-18(24)26-3)22-14-16(23-12-6-7-13-23)15-8-4-5-9-17(15)25-2;/h4-5,8-9,16H,6-7,10-14H2,1-3H3,(H2,20,21,22);1H. The van der Waals surface area contributed by atoms with E-state index in [1.807, 2.05) is 18.2 Å². The van der Waals surface area contributed by atoms with Crippen molar-refractivity contribution < 1.29 is 14.3 Å². The Hall–Kier alpha value is -1.55. The van der Waals surface area contributed by atoms with Gasteiger partial charge in [-0.15, -0.1) is 24.0 Å². The predicted octanol–water partition coefficient (Wildman–Crippen LogP) is 2.18. The molecule has 2 N–H and O–H groups in total. The Bertz CT molecular complexity index is 606. The summed E-state index contributed by atoms with van der Waals surface area (Å²) >= 11 is 0. The van der Waals surface area contributed by atoms with E-state index in [0.717, 1.165) is 18.8 Å². The number of halogens is 1. The summed E-state index contributed by atoms with van der Waals surface area (Å²) in [6, 6.07) is 8.36. The number of carbonyl (C=O) groups excluding carboxylic acids is 1. The molecular weight excluding hydrogens is 459 g/mol. The zero-order chi connectivity index (χ0) is 18.8. The molecular formula is C19H31IN4O3. The molecule has 1 aromatic rings. The fourth-order valence-corrected chi connectivity index (χ4v) is 3.23. The van der Waals surface area contributed by atoms with Gasteiger partial charge in [-0.3, -0.25) is 14.7 Å². The largest absolute Gasteiger partial charge is 0.496 e. The van der Waals surface area contributed by atoms with Gasteiger partial charge in [0.05, 0.1) is 26.7 Å². The molecule has 0 saturated carbocycles. The summed E-state index contributed by atoms with van der Waals surface area (Å²) in [5.74, 6) is 1.34. The summed E-state index contributed by atoms with van der Waals surface area (Å²) in [6.45, 7) is 3.35. The van der Waals surface area contributed by atoms with Crippen LogP contribution in [0.2, 0.25) is 0 Å². The Morgan fingerprint density at radius 2 is 1.93 bits per heavy atom. The Morgan fingerprint density at radius 3 is 2.56 bits per heavy atom. The first-order chi connectivity index (χ1) is 12.7. The molecule has 0 radical (unpaired) electrons. The third kappa shape index (κ3) is 7.17. The summed E-state index contributed by atoms with van der Waals surface area (Å²) in [4.78, 5) is 18.0.